The van der Waals surface area contributed by atoms with Crippen LogP contribution in [-0.4, -0.2) is 15.2 Å². The molecule has 1 heterocycles. The van der Waals surface area contributed by atoms with Crippen molar-refractivity contribution in [3.05, 3.63) is 40.8 Å². The lowest BCUT2D eigenvalue weighted by atomic mass is 10.0. The van der Waals surface area contributed by atoms with Crippen LogP contribution in [0.1, 0.15) is 11.1 Å². The first kappa shape index (κ1) is 10.1. The van der Waals surface area contributed by atoms with Crippen LogP contribution in [0, 0.1) is 13.8 Å². The van der Waals surface area contributed by atoms with E-state index in [1.807, 2.05) is 13.8 Å². The van der Waals surface area contributed by atoms with Crippen molar-refractivity contribution in [1.29, 1.82) is 0 Å². The number of benzene rings is 1. The van der Waals surface area contributed by atoms with Crippen LogP contribution < -0.4 is 0 Å². The van der Waals surface area contributed by atoms with Crippen LogP contribution in [-0.2, 0) is 0 Å². The molecule has 3 nitrogen and oxygen atoms in total. The summed E-state index contributed by atoms with van der Waals surface area (Å²) in [5, 5.41) is 7.58. The van der Waals surface area contributed by atoms with Gasteiger partial charge in [0.05, 0.1) is 11.9 Å². The fraction of sp³-hybridized carbons (Fsp3) is 0.182. The summed E-state index contributed by atoms with van der Waals surface area (Å²) >= 11 is 5.70. The van der Waals surface area contributed by atoms with E-state index in [1.54, 1.807) is 6.20 Å². The molecule has 2 rings (SSSR count). The highest BCUT2D eigenvalue weighted by Gasteiger charge is 2.05. The van der Waals surface area contributed by atoms with Crippen LogP contribution in [0.5, 0.6) is 0 Å². The minimum Gasteiger partial charge on any atom is -0.215 e. The molecule has 0 unspecified atom stereocenters. The van der Waals surface area contributed by atoms with Crippen LogP contribution >= 0.6 is 11.6 Å². The highest BCUT2D eigenvalue weighted by Crippen LogP contribution is 2.22. The Bertz CT molecular complexity index is 497. The molecule has 1 aromatic carbocycles. The van der Waals surface area contributed by atoms with E-state index < -0.39 is 0 Å². The van der Waals surface area contributed by atoms with Crippen molar-refractivity contribution in [3.63, 3.8) is 0 Å². The number of halogens is 1. The van der Waals surface area contributed by atoms with Gasteiger partial charge in [-0.05, 0) is 37.1 Å². The third-order valence-electron chi connectivity index (χ3n) is 2.20. The minimum absolute atomic E-state index is 0.174. The normalized spacial score (nSPS) is 10.3. The average molecular weight is 220 g/mol. The van der Waals surface area contributed by atoms with Crippen molar-refractivity contribution in [3.8, 4) is 11.3 Å². The summed E-state index contributed by atoms with van der Waals surface area (Å²) in [6.45, 7) is 4.07. The Labute approximate surface area is 93.1 Å². The monoisotopic (exact) mass is 219 g/mol. The maximum Gasteiger partial charge on any atom is 0.243 e. The van der Waals surface area contributed by atoms with Crippen LogP contribution in [0.2, 0.25) is 5.28 Å². The number of hydrogen-bond donors (Lipinski definition) is 0. The van der Waals surface area contributed by atoms with E-state index in [1.165, 1.54) is 5.56 Å². The molecule has 0 saturated carbocycles. The van der Waals surface area contributed by atoms with Crippen molar-refractivity contribution < 1.29 is 0 Å². The zero-order chi connectivity index (χ0) is 10.8. The van der Waals surface area contributed by atoms with Gasteiger partial charge in [0.25, 0.3) is 0 Å². The first-order chi connectivity index (χ1) is 7.16. The van der Waals surface area contributed by atoms with Gasteiger partial charge in [-0.2, -0.15) is 5.10 Å². The predicted octanol–water partition coefficient (Wildman–Crippen LogP) is 2.81. The molecule has 0 atom stereocenters. The molecule has 0 N–H and O–H groups in total. The molecule has 15 heavy (non-hydrogen) atoms. The van der Waals surface area contributed by atoms with Crippen LogP contribution in [0.3, 0.4) is 0 Å². The van der Waals surface area contributed by atoms with Crippen molar-refractivity contribution >= 4 is 11.6 Å². The molecule has 0 aliphatic carbocycles. The zero-order valence-corrected chi connectivity index (χ0v) is 9.28. The Morgan fingerprint density at radius 3 is 2.73 bits per heavy atom. The molecule has 0 aliphatic heterocycles. The van der Waals surface area contributed by atoms with E-state index >= 15 is 0 Å². The lowest BCUT2D eigenvalue weighted by Crippen LogP contribution is -1.92. The van der Waals surface area contributed by atoms with Gasteiger partial charge in [-0.15, -0.1) is 5.10 Å². The highest BCUT2D eigenvalue weighted by molar-refractivity contribution is 6.28. The van der Waals surface area contributed by atoms with E-state index in [4.69, 9.17) is 11.6 Å². The van der Waals surface area contributed by atoms with Gasteiger partial charge >= 0.3 is 0 Å². The van der Waals surface area contributed by atoms with E-state index in [9.17, 15) is 0 Å². The molecule has 0 amide bonds. The quantitative estimate of drug-likeness (QED) is 0.740. The number of aryl methyl sites for hydroxylation is 2. The van der Waals surface area contributed by atoms with Crippen molar-refractivity contribution in [2.45, 2.75) is 13.8 Å². The van der Waals surface area contributed by atoms with Gasteiger partial charge in [0.1, 0.15) is 0 Å². The maximum absolute atomic E-state index is 5.70. The van der Waals surface area contributed by atoms with Gasteiger partial charge in [0.2, 0.25) is 5.28 Å². The van der Waals surface area contributed by atoms with Gasteiger partial charge in [-0.25, -0.2) is 4.98 Å². The Hall–Kier alpha value is -1.48. The van der Waals surface area contributed by atoms with Crippen molar-refractivity contribution in [2.24, 2.45) is 0 Å². The Morgan fingerprint density at radius 1 is 1.20 bits per heavy atom. The fourth-order valence-corrected chi connectivity index (χ4v) is 1.56. The molecule has 76 valence electrons. The fourth-order valence-electron chi connectivity index (χ4n) is 1.42. The number of aromatic nitrogens is 3. The number of nitrogens with zero attached hydrogens (tertiary/aromatic N) is 3. The van der Waals surface area contributed by atoms with Crippen LogP contribution in [0.15, 0.2) is 24.4 Å². The maximum atomic E-state index is 5.70. The second-order valence-electron chi connectivity index (χ2n) is 3.43. The predicted molar refractivity (Wildman–Crippen MR) is 59.7 cm³/mol. The molecule has 1 aromatic heterocycles. The van der Waals surface area contributed by atoms with E-state index in [2.05, 4.69) is 33.4 Å². The summed E-state index contributed by atoms with van der Waals surface area (Å²) in [7, 11) is 0. The third-order valence-corrected chi connectivity index (χ3v) is 2.36. The lowest BCUT2D eigenvalue weighted by molar-refractivity contribution is 0.973. The molecule has 0 bridgehead atoms. The molecule has 0 aliphatic rings. The second-order valence-corrected chi connectivity index (χ2v) is 3.77. The van der Waals surface area contributed by atoms with Crippen LogP contribution in [0.4, 0.5) is 0 Å². The third kappa shape index (κ3) is 2.13. The molecule has 2 aromatic rings. The Morgan fingerprint density at radius 2 is 2.00 bits per heavy atom. The van der Waals surface area contributed by atoms with Gasteiger partial charge in [0, 0.05) is 5.56 Å². The molecule has 0 spiro atoms. The molecule has 0 fully saturated rings. The zero-order valence-electron chi connectivity index (χ0n) is 8.53. The van der Waals surface area contributed by atoms with Crippen molar-refractivity contribution in [1.82, 2.24) is 15.2 Å². The largest absolute Gasteiger partial charge is 0.243 e. The van der Waals surface area contributed by atoms with Gasteiger partial charge in [-0.3, -0.25) is 0 Å². The molecule has 4 heteroatoms. The van der Waals surface area contributed by atoms with Crippen LogP contribution in [0.25, 0.3) is 11.3 Å². The average Bonchev–Trinajstić information content (AvgIpc) is 2.22. The molecule has 0 radical (unpaired) electrons. The highest BCUT2D eigenvalue weighted by atomic mass is 35.5. The van der Waals surface area contributed by atoms with Gasteiger partial charge in [-0.1, -0.05) is 17.7 Å². The SMILES string of the molecule is Cc1ccc(C)c(-c2cnnc(Cl)n2)c1. The lowest BCUT2D eigenvalue weighted by Gasteiger charge is -2.05. The first-order valence-corrected chi connectivity index (χ1v) is 4.97. The van der Waals surface area contributed by atoms with Gasteiger partial charge in [0.15, 0.2) is 0 Å². The van der Waals surface area contributed by atoms with E-state index in [-0.39, 0.29) is 5.28 Å². The number of hydrogen-bond acceptors (Lipinski definition) is 3. The summed E-state index contributed by atoms with van der Waals surface area (Å²) in [6, 6.07) is 6.19. The second kappa shape index (κ2) is 3.95. The van der Waals surface area contributed by atoms with E-state index in [0.717, 1.165) is 16.8 Å². The summed E-state index contributed by atoms with van der Waals surface area (Å²) < 4.78 is 0. The Kier molecular flexibility index (Phi) is 2.64. The number of rotatable bonds is 1. The summed E-state index contributed by atoms with van der Waals surface area (Å²) in [4.78, 5) is 4.14. The summed E-state index contributed by atoms with van der Waals surface area (Å²) in [5.41, 5.74) is 4.14. The molecule has 0 saturated heterocycles. The summed E-state index contributed by atoms with van der Waals surface area (Å²) in [5.74, 6) is 0. The topological polar surface area (TPSA) is 38.7 Å². The van der Waals surface area contributed by atoms with Gasteiger partial charge < -0.3 is 0 Å². The summed E-state index contributed by atoms with van der Waals surface area (Å²) in [6.07, 6.45) is 1.62. The van der Waals surface area contributed by atoms with E-state index in [0.29, 0.717) is 0 Å². The van der Waals surface area contributed by atoms with Crippen molar-refractivity contribution in [2.75, 3.05) is 0 Å². The smallest absolute Gasteiger partial charge is 0.215 e. The Balaban J connectivity index is 2.58. The molecular formula is C11H10ClN3. The first-order valence-electron chi connectivity index (χ1n) is 4.59. The molecular weight excluding hydrogens is 210 g/mol. The standard InChI is InChI=1S/C11H10ClN3/c1-7-3-4-8(2)9(5-7)10-6-13-15-11(12)14-10/h3-6H,1-2H3. The minimum atomic E-state index is 0.174.